The molecule has 0 spiro atoms. The molecule has 0 fully saturated rings. The van der Waals surface area contributed by atoms with Gasteiger partial charge in [-0.05, 0) is 40.5 Å². The van der Waals surface area contributed by atoms with Gasteiger partial charge in [0.05, 0.1) is 4.47 Å². The summed E-state index contributed by atoms with van der Waals surface area (Å²) in [5.41, 5.74) is 1.53. The number of hydrogen-bond donors (Lipinski definition) is 1. The van der Waals surface area contributed by atoms with E-state index in [9.17, 15) is 8.78 Å². The smallest absolute Gasteiger partial charge is 0.137 e. The van der Waals surface area contributed by atoms with Gasteiger partial charge in [0.1, 0.15) is 12.5 Å². The first kappa shape index (κ1) is 10.4. The molecule has 13 heavy (non-hydrogen) atoms. The maximum atomic E-state index is 12.9. The van der Waals surface area contributed by atoms with Gasteiger partial charge in [0.15, 0.2) is 0 Å². The molecule has 1 aromatic carbocycles. The molecule has 1 nitrogen and oxygen atoms in total. The molecular formula is C9H10BrF2N. The third kappa shape index (κ3) is 2.66. The number of benzene rings is 1. The summed E-state index contributed by atoms with van der Waals surface area (Å²) in [5.74, 6) is -0.303. The quantitative estimate of drug-likeness (QED) is 0.867. The first-order valence-corrected chi connectivity index (χ1v) is 4.70. The van der Waals surface area contributed by atoms with E-state index in [1.165, 1.54) is 6.07 Å². The standard InChI is InChI=1S/C9H10BrF2N/c1-6-4-8(12)7(10)5-9(6)13-3-2-11/h4-5,13H,2-3H2,1H3. The number of aryl methyl sites for hydroxylation is 1. The van der Waals surface area contributed by atoms with Crippen molar-refractivity contribution in [3.05, 3.63) is 28.0 Å². The fourth-order valence-corrected chi connectivity index (χ4v) is 1.36. The Morgan fingerprint density at radius 2 is 2.15 bits per heavy atom. The van der Waals surface area contributed by atoms with E-state index in [4.69, 9.17) is 0 Å². The molecule has 1 rings (SSSR count). The van der Waals surface area contributed by atoms with Crippen LogP contribution in [0.4, 0.5) is 14.5 Å². The van der Waals surface area contributed by atoms with Crippen LogP contribution in [-0.2, 0) is 0 Å². The Hall–Kier alpha value is -0.640. The van der Waals surface area contributed by atoms with Gasteiger partial charge in [0, 0.05) is 12.2 Å². The predicted octanol–water partition coefficient (Wildman–Crippen LogP) is 3.28. The lowest BCUT2D eigenvalue weighted by Crippen LogP contribution is -2.04. The third-order valence-corrected chi connectivity index (χ3v) is 2.28. The molecule has 0 heterocycles. The molecule has 0 aromatic heterocycles. The van der Waals surface area contributed by atoms with Gasteiger partial charge in [0.2, 0.25) is 0 Å². The van der Waals surface area contributed by atoms with Gasteiger partial charge in [-0.25, -0.2) is 8.78 Å². The molecule has 0 saturated carbocycles. The molecule has 0 saturated heterocycles. The van der Waals surface area contributed by atoms with E-state index in [0.29, 0.717) is 4.47 Å². The lowest BCUT2D eigenvalue weighted by Gasteiger charge is -2.08. The van der Waals surface area contributed by atoms with Gasteiger partial charge in [-0.15, -0.1) is 0 Å². The van der Waals surface area contributed by atoms with Crippen LogP contribution in [0, 0.1) is 12.7 Å². The summed E-state index contributed by atoms with van der Waals surface area (Å²) in [6.07, 6.45) is 0. The number of nitrogens with one attached hydrogen (secondary N) is 1. The monoisotopic (exact) mass is 249 g/mol. The number of anilines is 1. The van der Waals surface area contributed by atoms with Crippen LogP contribution < -0.4 is 5.32 Å². The largest absolute Gasteiger partial charge is 0.382 e. The first-order valence-electron chi connectivity index (χ1n) is 3.90. The van der Waals surface area contributed by atoms with Crippen LogP contribution in [0.3, 0.4) is 0 Å². The van der Waals surface area contributed by atoms with E-state index >= 15 is 0 Å². The summed E-state index contributed by atoms with van der Waals surface area (Å²) in [6, 6.07) is 3.02. The van der Waals surface area contributed by atoms with Crippen molar-refractivity contribution in [1.82, 2.24) is 0 Å². The number of halogens is 3. The van der Waals surface area contributed by atoms with Gasteiger partial charge in [-0.2, -0.15) is 0 Å². The zero-order valence-electron chi connectivity index (χ0n) is 7.20. The third-order valence-electron chi connectivity index (χ3n) is 1.68. The molecule has 0 amide bonds. The maximum Gasteiger partial charge on any atom is 0.137 e. The Bertz CT molecular complexity index is 302. The van der Waals surface area contributed by atoms with Gasteiger partial charge < -0.3 is 5.32 Å². The minimum absolute atomic E-state index is 0.249. The summed E-state index contributed by atoms with van der Waals surface area (Å²) >= 11 is 3.06. The summed E-state index contributed by atoms with van der Waals surface area (Å²) < 4.78 is 25.2. The van der Waals surface area contributed by atoms with E-state index in [1.54, 1.807) is 13.0 Å². The molecule has 72 valence electrons. The van der Waals surface area contributed by atoms with Crippen LogP contribution in [0.1, 0.15) is 5.56 Å². The molecule has 0 aliphatic rings. The van der Waals surface area contributed by atoms with Crippen molar-refractivity contribution < 1.29 is 8.78 Å². The highest BCUT2D eigenvalue weighted by Gasteiger charge is 2.03. The van der Waals surface area contributed by atoms with Crippen LogP contribution in [-0.4, -0.2) is 13.2 Å². The molecule has 0 bridgehead atoms. The predicted molar refractivity (Wildman–Crippen MR) is 53.3 cm³/mol. The summed E-state index contributed by atoms with van der Waals surface area (Å²) in [6.45, 7) is 1.59. The van der Waals surface area contributed by atoms with E-state index in [-0.39, 0.29) is 12.4 Å². The molecule has 1 aromatic rings. The Labute approximate surface area is 84.3 Å². The van der Waals surface area contributed by atoms with Crippen molar-refractivity contribution in [2.24, 2.45) is 0 Å². The maximum absolute atomic E-state index is 12.9. The normalized spacial score (nSPS) is 10.2. The molecule has 0 unspecified atom stereocenters. The highest BCUT2D eigenvalue weighted by molar-refractivity contribution is 9.10. The van der Waals surface area contributed by atoms with E-state index in [0.717, 1.165) is 11.3 Å². The van der Waals surface area contributed by atoms with Gasteiger partial charge in [-0.3, -0.25) is 0 Å². The fraction of sp³-hybridized carbons (Fsp3) is 0.333. The van der Waals surface area contributed by atoms with Crippen LogP contribution in [0.15, 0.2) is 16.6 Å². The Balaban J connectivity index is 2.88. The Morgan fingerprint density at radius 3 is 2.77 bits per heavy atom. The number of rotatable bonds is 3. The van der Waals surface area contributed by atoms with E-state index in [2.05, 4.69) is 21.2 Å². The fourth-order valence-electron chi connectivity index (χ4n) is 1.02. The molecule has 0 radical (unpaired) electrons. The molecule has 4 heteroatoms. The van der Waals surface area contributed by atoms with Crippen molar-refractivity contribution in [2.75, 3.05) is 18.5 Å². The van der Waals surface area contributed by atoms with Gasteiger partial charge >= 0.3 is 0 Å². The van der Waals surface area contributed by atoms with Crippen molar-refractivity contribution in [2.45, 2.75) is 6.92 Å². The number of alkyl halides is 1. The summed E-state index contributed by atoms with van der Waals surface area (Å²) in [4.78, 5) is 0. The van der Waals surface area contributed by atoms with Crippen molar-refractivity contribution in [1.29, 1.82) is 0 Å². The highest BCUT2D eigenvalue weighted by Crippen LogP contribution is 2.23. The zero-order valence-corrected chi connectivity index (χ0v) is 8.79. The second kappa shape index (κ2) is 4.56. The van der Waals surface area contributed by atoms with Crippen molar-refractivity contribution >= 4 is 21.6 Å². The van der Waals surface area contributed by atoms with E-state index in [1.807, 2.05) is 0 Å². The highest BCUT2D eigenvalue weighted by atomic mass is 79.9. The van der Waals surface area contributed by atoms with Crippen molar-refractivity contribution in [3.63, 3.8) is 0 Å². The topological polar surface area (TPSA) is 12.0 Å². The van der Waals surface area contributed by atoms with Crippen molar-refractivity contribution in [3.8, 4) is 0 Å². The Kier molecular flexibility index (Phi) is 3.66. The molecule has 1 N–H and O–H groups in total. The summed E-state index contributed by atoms with van der Waals surface area (Å²) in [7, 11) is 0. The minimum atomic E-state index is -0.436. The SMILES string of the molecule is Cc1cc(F)c(Br)cc1NCCF. The van der Waals surface area contributed by atoms with Gasteiger partial charge in [-0.1, -0.05) is 0 Å². The van der Waals surface area contributed by atoms with Crippen LogP contribution >= 0.6 is 15.9 Å². The second-order valence-electron chi connectivity index (χ2n) is 2.70. The number of hydrogen-bond acceptors (Lipinski definition) is 1. The van der Waals surface area contributed by atoms with Gasteiger partial charge in [0.25, 0.3) is 0 Å². The van der Waals surface area contributed by atoms with Crippen LogP contribution in [0.2, 0.25) is 0 Å². The molecule has 0 aliphatic heterocycles. The van der Waals surface area contributed by atoms with E-state index < -0.39 is 6.67 Å². The lowest BCUT2D eigenvalue weighted by molar-refractivity contribution is 0.512. The molecule has 0 atom stereocenters. The first-order chi connectivity index (χ1) is 6.15. The summed E-state index contributed by atoms with van der Waals surface area (Å²) in [5, 5.41) is 2.86. The van der Waals surface area contributed by atoms with Crippen LogP contribution in [0.5, 0.6) is 0 Å². The molecule has 0 aliphatic carbocycles. The second-order valence-corrected chi connectivity index (χ2v) is 3.55. The average molecular weight is 250 g/mol. The minimum Gasteiger partial charge on any atom is -0.382 e. The van der Waals surface area contributed by atoms with Crippen LogP contribution in [0.25, 0.3) is 0 Å². The lowest BCUT2D eigenvalue weighted by atomic mass is 10.2. The molecular weight excluding hydrogens is 240 g/mol. The average Bonchev–Trinajstić information content (AvgIpc) is 2.09. The zero-order chi connectivity index (χ0) is 9.84. The Morgan fingerprint density at radius 1 is 1.46 bits per heavy atom.